The minimum Gasteiger partial charge on any atom is -0.269 e. The van der Waals surface area contributed by atoms with E-state index in [9.17, 15) is 4.79 Å². The van der Waals surface area contributed by atoms with Gasteiger partial charge in [0.15, 0.2) is 5.69 Å². The predicted octanol–water partition coefficient (Wildman–Crippen LogP) is 5.91. The molecule has 5 rings (SSSR count). The van der Waals surface area contributed by atoms with Crippen molar-refractivity contribution in [3.63, 3.8) is 0 Å². The molecule has 0 saturated carbocycles. The maximum atomic E-state index is 12.3. The van der Waals surface area contributed by atoms with Crippen molar-refractivity contribution in [3.05, 3.63) is 87.2 Å². The second-order valence-corrected chi connectivity index (χ2v) is 7.94. The lowest BCUT2D eigenvalue weighted by Crippen LogP contribution is -2.10. The summed E-state index contributed by atoms with van der Waals surface area (Å²) in [6, 6.07) is 15.3. The van der Waals surface area contributed by atoms with E-state index in [0.717, 1.165) is 38.7 Å². The van der Waals surface area contributed by atoms with E-state index in [1.54, 1.807) is 16.9 Å². The van der Waals surface area contributed by atoms with E-state index in [1.807, 2.05) is 56.4 Å². The normalized spacial score (nSPS) is 11.2. The van der Waals surface area contributed by atoms with E-state index in [2.05, 4.69) is 20.1 Å². The molecule has 0 amide bonds. The number of aromatic amines is 1. The summed E-state index contributed by atoms with van der Waals surface area (Å²) in [6.45, 7) is 9.78. The highest BCUT2D eigenvalue weighted by molar-refractivity contribution is 6.39. The van der Waals surface area contributed by atoms with Crippen LogP contribution in [0.25, 0.3) is 48.8 Å². The maximum Gasteiger partial charge on any atom is 0.272 e. The van der Waals surface area contributed by atoms with Gasteiger partial charge in [0.2, 0.25) is 0 Å². The Labute approximate surface area is 188 Å². The largest absolute Gasteiger partial charge is 0.272 e. The third-order valence-electron chi connectivity index (χ3n) is 5.77. The summed E-state index contributed by atoms with van der Waals surface area (Å²) in [6.07, 6.45) is 2.46. The van der Waals surface area contributed by atoms with Gasteiger partial charge in [0.1, 0.15) is 0 Å². The van der Waals surface area contributed by atoms with Crippen LogP contribution in [0.5, 0.6) is 0 Å². The van der Waals surface area contributed by atoms with Crippen LogP contribution in [0.1, 0.15) is 12.6 Å². The van der Waals surface area contributed by atoms with E-state index in [0.29, 0.717) is 28.1 Å². The minimum atomic E-state index is -0.219. The van der Waals surface area contributed by atoms with E-state index >= 15 is 0 Å². The van der Waals surface area contributed by atoms with Gasteiger partial charge in [-0.2, -0.15) is 10.2 Å². The highest BCUT2D eigenvalue weighted by Gasteiger charge is 2.21. The standard InChI is InChI=1S/C25H18ClN5O/c1-4-20-18-11-15(9-10-17(18)25(32)30-29-20)19-13-28-31(3)24(19)22-21(27-2)12-14-7-5-6-8-16(14)23(22)26/h5-13H,4H2,1,3H3,(H,30,32). The molecular weight excluding hydrogens is 422 g/mol. The van der Waals surface area contributed by atoms with Gasteiger partial charge in [-0.25, -0.2) is 9.94 Å². The number of hydrogen-bond acceptors (Lipinski definition) is 3. The number of halogens is 1. The Kier molecular flexibility index (Phi) is 4.76. The second-order valence-electron chi connectivity index (χ2n) is 7.56. The zero-order valence-electron chi connectivity index (χ0n) is 17.5. The van der Waals surface area contributed by atoms with Crippen LogP contribution < -0.4 is 5.56 Å². The average molecular weight is 440 g/mol. The molecule has 0 unspecified atom stereocenters. The first-order chi connectivity index (χ1) is 15.5. The Hall–Kier alpha value is -3.95. The zero-order chi connectivity index (χ0) is 22.4. The fourth-order valence-corrected chi connectivity index (χ4v) is 4.56. The molecule has 32 heavy (non-hydrogen) atoms. The highest BCUT2D eigenvalue weighted by atomic mass is 35.5. The zero-order valence-corrected chi connectivity index (χ0v) is 18.2. The number of fused-ring (bicyclic) bond motifs is 2. The number of nitrogens with one attached hydrogen (secondary N) is 1. The van der Waals surface area contributed by atoms with E-state index in [1.165, 1.54) is 0 Å². The molecule has 0 radical (unpaired) electrons. The van der Waals surface area contributed by atoms with Gasteiger partial charge in [0, 0.05) is 28.6 Å². The monoisotopic (exact) mass is 439 g/mol. The van der Waals surface area contributed by atoms with Gasteiger partial charge in [0.05, 0.1) is 29.5 Å². The Morgan fingerprint density at radius 1 is 1.12 bits per heavy atom. The Balaban J connectivity index is 1.82. The summed E-state index contributed by atoms with van der Waals surface area (Å²) >= 11 is 6.87. The van der Waals surface area contributed by atoms with Crippen molar-refractivity contribution in [2.75, 3.05) is 0 Å². The fraction of sp³-hybridized carbons (Fsp3) is 0.120. The van der Waals surface area contributed by atoms with Gasteiger partial charge >= 0.3 is 0 Å². The van der Waals surface area contributed by atoms with Gasteiger partial charge in [-0.1, -0.05) is 48.9 Å². The summed E-state index contributed by atoms with van der Waals surface area (Å²) in [4.78, 5) is 16.0. The van der Waals surface area contributed by atoms with Crippen molar-refractivity contribution >= 4 is 38.8 Å². The van der Waals surface area contributed by atoms with E-state index in [4.69, 9.17) is 18.2 Å². The van der Waals surface area contributed by atoms with Gasteiger partial charge in [-0.15, -0.1) is 0 Å². The molecule has 0 aliphatic carbocycles. The van der Waals surface area contributed by atoms with Gasteiger partial charge in [0.25, 0.3) is 5.56 Å². The molecule has 5 aromatic rings. The quantitative estimate of drug-likeness (QED) is 0.355. The first kappa shape index (κ1) is 20.0. The number of benzene rings is 3. The smallest absolute Gasteiger partial charge is 0.269 e. The lowest BCUT2D eigenvalue weighted by Gasteiger charge is -2.14. The lowest BCUT2D eigenvalue weighted by molar-refractivity contribution is 0.776. The summed E-state index contributed by atoms with van der Waals surface area (Å²) in [7, 11) is 1.84. The summed E-state index contributed by atoms with van der Waals surface area (Å²) in [5.74, 6) is 0. The average Bonchev–Trinajstić information content (AvgIpc) is 3.20. The lowest BCUT2D eigenvalue weighted by atomic mass is 9.96. The van der Waals surface area contributed by atoms with Crippen molar-refractivity contribution in [2.45, 2.75) is 13.3 Å². The number of rotatable bonds is 3. The Morgan fingerprint density at radius 3 is 2.72 bits per heavy atom. The highest BCUT2D eigenvalue weighted by Crippen LogP contribution is 2.45. The molecule has 0 fully saturated rings. The van der Waals surface area contributed by atoms with Crippen LogP contribution >= 0.6 is 11.6 Å². The minimum absolute atomic E-state index is 0.219. The van der Waals surface area contributed by atoms with Crippen LogP contribution in [0.4, 0.5) is 5.69 Å². The van der Waals surface area contributed by atoms with Crippen molar-refractivity contribution in [3.8, 4) is 22.4 Å². The second kappa shape index (κ2) is 7.63. The fourth-order valence-electron chi connectivity index (χ4n) is 4.20. The molecule has 7 heteroatoms. The van der Waals surface area contributed by atoms with Crippen LogP contribution in [0, 0.1) is 6.57 Å². The summed E-state index contributed by atoms with van der Waals surface area (Å²) in [5, 5.41) is 15.0. The molecule has 1 N–H and O–H groups in total. The Bertz CT molecular complexity index is 1620. The van der Waals surface area contributed by atoms with Gasteiger partial charge in [-0.3, -0.25) is 9.48 Å². The van der Waals surface area contributed by atoms with Crippen molar-refractivity contribution in [2.24, 2.45) is 7.05 Å². The van der Waals surface area contributed by atoms with Gasteiger partial charge < -0.3 is 0 Å². The number of H-pyrrole nitrogens is 1. The van der Waals surface area contributed by atoms with E-state index < -0.39 is 0 Å². The Morgan fingerprint density at radius 2 is 1.94 bits per heavy atom. The predicted molar refractivity (Wildman–Crippen MR) is 128 cm³/mol. The van der Waals surface area contributed by atoms with Crippen molar-refractivity contribution in [1.29, 1.82) is 0 Å². The molecule has 3 aromatic carbocycles. The topological polar surface area (TPSA) is 67.9 Å². The van der Waals surface area contributed by atoms with Crippen LogP contribution in [0.2, 0.25) is 5.02 Å². The first-order valence-electron chi connectivity index (χ1n) is 10.2. The maximum absolute atomic E-state index is 12.3. The molecule has 6 nitrogen and oxygen atoms in total. The van der Waals surface area contributed by atoms with E-state index in [-0.39, 0.29) is 5.56 Å². The number of aromatic nitrogens is 4. The summed E-state index contributed by atoms with van der Waals surface area (Å²) < 4.78 is 1.74. The van der Waals surface area contributed by atoms with Crippen molar-refractivity contribution in [1.82, 2.24) is 20.0 Å². The third kappa shape index (κ3) is 2.98. The van der Waals surface area contributed by atoms with Crippen LogP contribution in [0.3, 0.4) is 0 Å². The molecule has 2 heterocycles. The first-order valence-corrected chi connectivity index (χ1v) is 10.5. The molecule has 0 spiro atoms. The number of nitrogens with zero attached hydrogens (tertiary/aromatic N) is 4. The SMILES string of the molecule is [C-]#[N+]c1cc2ccccc2c(Cl)c1-c1c(-c2ccc3c(=O)[nH]nc(CC)c3c2)cnn1C. The molecule has 0 aliphatic heterocycles. The van der Waals surface area contributed by atoms with Crippen LogP contribution in [0.15, 0.2) is 59.5 Å². The summed E-state index contributed by atoms with van der Waals surface area (Å²) in [5.41, 5.74) is 4.17. The molecule has 0 bridgehead atoms. The molecule has 0 saturated heterocycles. The van der Waals surface area contributed by atoms with Gasteiger partial charge in [-0.05, 0) is 41.0 Å². The van der Waals surface area contributed by atoms with Crippen LogP contribution in [-0.2, 0) is 13.5 Å². The number of hydrogen-bond donors (Lipinski definition) is 1. The third-order valence-corrected chi connectivity index (χ3v) is 6.17. The van der Waals surface area contributed by atoms with Crippen LogP contribution in [-0.4, -0.2) is 20.0 Å². The number of aryl methyl sites for hydroxylation is 2. The molecule has 156 valence electrons. The molecule has 0 aliphatic rings. The molecular formula is C25H18ClN5O. The molecule has 2 aromatic heterocycles. The molecule has 0 atom stereocenters. The van der Waals surface area contributed by atoms with Crippen molar-refractivity contribution < 1.29 is 0 Å².